The normalized spacial score (nSPS) is 10.2. The van der Waals surface area contributed by atoms with Gasteiger partial charge >= 0.3 is 11.8 Å². The molecule has 0 saturated heterocycles. The van der Waals surface area contributed by atoms with Crippen LogP contribution in [0.1, 0.15) is 0 Å². The summed E-state index contributed by atoms with van der Waals surface area (Å²) in [6.45, 7) is 0. The first-order valence-corrected chi connectivity index (χ1v) is 7.06. The molecule has 3 rings (SSSR count). The van der Waals surface area contributed by atoms with E-state index in [2.05, 4.69) is 15.6 Å². The van der Waals surface area contributed by atoms with Gasteiger partial charge in [-0.3, -0.25) is 19.9 Å². The quantitative estimate of drug-likeness (QED) is 0.558. The van der Waals surface area contributed by atoms with E-state index in [9.17, 15) is 9.59 Å². The summed E-state index contributed by atoms with van der Waals surface area (Å²) < 4.78 is 1.20. The Morgan fingerprint density at radius 3 is 2.12 bits per heavy atom. The summed E-state index contributed by atoms with van der Waals surface area (Å²) in [4.78, 5) is 26.3. The number of nitrogen functional groups attached to an aromatic ring is 1. The fraction of sp³-hybridized carbons (Fsp3) is 0. The number of nitrogens with zero attached hydrogens (tertiary/aromatic N) is 4. The van der Waals surface area contributed by atoms with Gasteiger partial charge in [0.05, 0.1) is 0 Å². The summed E-state index contributed by atoms with van der Waals surface area (Å²) in [7, 11) is 0. The summed E-state index contributed by atoms with van der Waals surface area (Å²) in [6, 6.07) is 15.5. The highest BCUT2D eigenvalue weighted by atomic mass is 16.2. The lowest BCUT2D eigenvalue weighted by molar-refractivity contribution is -0.134. The van der Waals surface area contributed by atoms with Gasteiger partial charge in [0.15, 0.2) is 0 Å². The van der Waals surface area contributed by atoms with Crippen LogP contribution in [-0.4, -0.2) is 26.7 Å². The van der Waals surface area contributed by atoms with E-state index < -0.39 is 11.8 Å². The van der Waals surface area contributed by atoms with E-state index in [1.165, 1.54) is 22.2 Å². The topological polar surface area (TPSA) is 106 Å². The Bertz CT molecular complexity index is 831. The maximum Gasteiger partial charge on any atom is 0.329 e. The molecule has 0 unspecified atom stereocenters. The Hall–Kier alpha value is -3.68. The van der Waals surface area contributed by atoms with Gasteiger partial charge in [-0.25, -0.2) is 4.68 Å². The molecule has 1 heterocycles. The number of nitrogens with two attached hydrogens (primary N) is 1. The van der Waals surface area contributed by atoms with Crippen LogP contribution in [0.5, 0.6) is 0 Å². The molecule has 0 atom stereocenters. The highest BCUT2D eigenvalue weighted by Crippen LogP contribution is 2.26. The zero-order chi connectivity index (χ0) is 16.9. The van der Waals surface area contributed by atoms with E-state index in [-0.39, 0.29) is 0 Å². The average Bonchev–Trinajstić information content (AvgIpc) is 3.10. The van der Waals surface area contributed by atoms with Gasteiger partial charge in [-0.1, -0.05) is 18.2 Å². The Balaban J connectivity index is 1.93. The summed E-state index contributed by atoms with van der Waals surface area (Å²) >= 11 is 0. The molecule has 0 aliphatic carbocycles. The predicted octanol–water partition coefficient (Wildman–Crippen LogP) is 1.30. The smallest absolute Gasteiger partial charge is 0.329 e. The average molecular weight is 322 g/mol. The van der Waals surface area contributed by atoms with Crippen molar-refractivity contribution in [3.8, 4) is 0 Å². The minimum Gasteiger partial charge on any atom is -0.399 e. The molecule has 8 heteroatoms. The molecule has 8 nitrogen and oxygen atoms in total. The molecule has 120 valence electrons. The molecule has 3 N–H and O–H groups in total. The zero-order valence-electron chi connectivity index (χ0n) is 12.5. The number of hydrogen-bond acceptors (Lipinski definition) is 5. The van der Waals surface area contributed by atoms with E-state index in [1.54, 1.807) is 48.5 Å². The van der Waals surface area contributed by atoms with Gasteiger partial charge in [0, 0.05) is 17.1 Å². The van der Waals surface area contributed by atoms with Gasteiger partial charge < -0.3 is 5.73 Å². The number of nitrogens with one attached hydrogen (secondary N) is 1. The number of anilines is 3. The van der Waals surface area contributed by atoms with Crippen LogP contribution in [-0.2, 0) is 9.59 Å². The number of benzene rings is 2. The molecule has 0 aliphatic rings. The molecular weight excluding hydrogens is 308 g/mol. The summed E-state index contributed by atoms with van der Waals surface area (Å²) in [5.74, 6) is -1.57. The Morgan fingerprint density at radius 2 is 1.50 bits per heavy atom. The van der Waals surface area contributed by atoms with Crippen LogP contribution in [0.15, 0.2) is 67.3 Å². The standard InChI is InChI=1S/C16H14N6O2/c17-12-6-8-14(9-7-12)22(13-4-2-1-3-5-13)16(24)15(23)20-21-10-18-19-11-21/h1-11H,17H2,(H,20,23). The van der Waals surface area contributed by atoms with Crippen molar-refractivity contribution in [1.29, 1.82) is 0 Å². The van der Waals surface area contributed by atoms with Gasteiger partial charge in [0.1, 0.15) is 12.7 Å². The highest BCUT2D eigenvalue weighted by Gasteiger charge is 2.25. The van der Waals surface area contributed by atoms with Crippen molar-refractivity contribution >= 4 is 28.9 Å². The number of rotatable bonds is 3. The highest BCUT2D eigenvalue weighted by molar-refractivity contribution is 6.44. The molecule has 2 amide bonds. The van der Waals surface area contributed by atoms with E-state index in [4.69, 9.17) is 5.73 Å². The zero-order valence-corrected chi connectivity index (χ0v) is 12.5. The second kappa shape index (κ2) is 6.61. The fourth-order valence-electron chi connectivity index (χ4n) is 2.11. The molecule has 0 saturated carbocycles. The van der Waals surface area contributed by atoms with Gasteiger partial charge in [-0.05, 0) is 36.4 Å². The van der Waals surface area contributed by atoms with Crippen LogP contribution >= 0.6 is 0 Å². The van der Waals surface area contributed by atoms with Gasteiger partial charge in [0.2, 0.25) is 0 Å². The minimum absolute atomic E-state index is 0.527. The molecule has 0 aliphatic heterocycles. The summed E-state index contributed by atoms with van der Waals surface area (Å²) in [6.07, 6.45) is 2.56. The number of amides is 2. The number of carbonyl (C=O) groups excluding carboxylic acids is 2. The molecule has 0 spiro atoms. The Kier molecular flexibility index (Phi) is 4.19. The number of carbonyl (C=O) groups is 2. The second-order valence-corrected chi connectivity index (χ2v) is 4.88. The third-order valence-corrected chi connectivity index (χ3v) is 3.21. The van der Waals surface area contributed by atoms with Crippen molar-refractivity contribution in [2.75, 3.05) is 16.1 Å². The maximum atomic E-state index is 12.7. The molecule has 24 heavy (non-hydrogen) atoms. The van der Waals surface area contributed by atoms with E-state index in [0.717, 1.165) is 0 Å². The number of hydrogen-bond donors (Lipinski definition) is 2. The predicted molar refractivity (Wildman–Crippen MR) is 88.8 cm³/mol. The van der Waals surface area contributed by atoms with Crippen LogP contribution < -0.4 is 16.1 Å². The molecule has 2 aromatic carbocycles. The molecule has 1 aromatic heterocycles. The van der Waals surface area contributed by atoms with Crippen LogP contribution in [0.2, 0.25) is 0 Å². The lowest BCUT2D eigenvalue weighted by atomic mass is 10.2. The van der Waals surface area contributed by atoms with Gasteiger partial charge in [0.25, 0.3) is 0 Å². The molecular formula is C16H14N6O2. The first-order chi connectivity index (χ1) is 11.6. The lowest BCUT2D eigenvalue weighted by Gasteiger charge is -2.22. The van der Waals surface area contributed by atoms with E-state index in [1.807, 2.05) is 6.07 Å². The van der Waals surface area contributed by atoms with Gasteiger partial charge in [-0.2, -0.15) is 0 Å². The van der Waals surface area contributed by atoms with Crippen molar-refractivity contribution in [3.05, 3.63) is 67.3 Å². The maximum absolute atomic E-state index is 12.7. The van der Waals surface area contributed by atoms with Crippen LogP contribution in [0, 0.1) is 0 Å². The van der Waals surface area contributed by atoms with Gasteiger partial charge in [-0.15, -0.1) is 10.2 Å². The van der Waals surface area contributed by atoms with Crippen molar-refractivity contribution in [1.82, 2.24) is 14.9 Å². The minimum atomic E-state index is -0.824. The molecule has 0 radical (unpaired) electrons. The van der Waals surface area contributed by atoms with Crippen molar-refractivity contribution in [2.45, 2.75) is 0 Å². The molecule has 3 aromatic rings. The second-order valence-electron chi connectivity index (χ2n) is 4.88. The van der Waals surface area contributed by atoms with Crippen LogP contribution in [0.25, 0.3) is 0 Å². The Morgan fingerprint density at radius 1 is 0.917 bits per heavy atom. The summed E-state index contributed by atoms with van der Waals surface area (Å²) in [5, 5.41) is 7.13. The van der Waals surface area contributed by atoms with Crippen molar-refractivity contribution in [3.63, 3.8) is 0 Å². The lowest BCUT2D eigenvalue weighted by Crippen LogP contribution is -2.39. The molecule has 0 bridgehead atoms. The first kappa shape index (κ1) is 15.2. The van der Waals surface area contributed by atoms with Crippen molar-refractivity contribution < 1.29 is 9.59 Å². The van der Waals surface area contributed by atoms with Crippen molar-refractivity contribution in [2.24, 2.45) is 0 Å². The molecule has 0 fully saturated rings. The third-order valence-electron chi connectivity index (χ3n) is 3.21. The largest absolute Gasteiger partial charge is 0.399 e. The van der Waals surface area contributed by atoms with E-state index in [0.29, 0.717) is 17.1 Å². The fourth-order valence-corrected chi connectivity index (χ4v) is 2.11. The Labute approximate surface area is 137 Å². The monoisotopic (exact) mass is 322 g/mol. The SMILES string of the molecule is Nc1ccc(N(C(=O)C(=O)Nn2cnnc2)c2ccccc2)cc1. The first-order valence-electron chi connectivity index (χ1n) is 7.06. The number of para-hydroxylation sites is 1. The van der Waals surface area contributed by atoms with Crippen LogP contribution in [0.3, 0.4) is 0 Å². The van der Waals surface area contributed by atoms with Crippen LogP contribution in [0.4, 0.5) is 17.1 Å². The van der Waals surface area contributed by atoms with E-state index >= 15 is 0 Å². The summed E-state index contributed by atoms with van der Waals surface area (Å²) in [5.41, 5.74) is 9.73. The third kappa shape index (κ3) is 3.22. The number of aromatic nitrogens is 3.